The molecule has 1 heterocycles. The van der Waals surface area contributed by atoms with Crippen molar-refractivity contribution in [3.05, 3.63) is 89.0 Å². The zero-order valence-electron chi connectivity index (χ0n) is 20.8. The first-order valence-corrected chi connectivity index (χ1v) is 12.3. The van der Waals surface area contributed by atoms with E-state index in [2.05, 4.69) is 0 Å². The van der Waals surface area contributed by atoms with Gasteiger partial charge in [-0.15, -0.1) is 0 Å². The first kappa shape index (κ1) is 27.7. The topological polar surface area (TPSA) is 27.7 Å². The molecule has 3 aromatic carbocycles. The number of hydrogen-bond acceptors (Lipinski definition) is 3. The second kappa shape index (κ2) is 12.0. The van der Waals surface area contributed by atoms with Crippen LogP contribution in [0.2, 0.25) is 0 Å². The van der Waals surface area contributed by atoms with Crippen LogP contribution in [0.5, 0.6) is 5.75 Å². The molecule has 4 rings (SSSR count). The van der Waals surface area contributed by atoms with Gasteiger partial charge in [0, 0.05) is 28.2 Å². The minimum Gasteiger partial charge on any atom is -0.491 e. The molecule has 0 aliphatic carbocycles. The van der Waals surface area contributed by atoms with Gasteiger partial charge in [-0.05, 0) is 37.1 Å². The fraction of sp³-hybridized carbons (Fsp3) is 0.310. The van der Waals surface area contributed by atoms with Crippen molar-refractivity contribution in [2.24, 2.45) is 0 Å². The molecule has 0 atom stereocenters. The van der Waals surface area contributed by atoms with Gasteiger partial charge in [-0.2, -0.15) is 4.39 Å². The van der Waals surface area contributed by atoms with Gasteiger partial charge in [0.2, 0.25) is 5.82 Å². The van der Waals surface area contributed by atoms with Gasteiger partial charge in [-0.3, -0.25) is 0 Å². The average molecular weight is 537 g/mol. The summed E-state index contributed by atoms with van der Waals surface area (Å²) in [6, 6.07) is 6.51. The second-order valence-corrected chi connectivity index (χ2v) is 8.74. The van der Waals surface area contributed by atoms with E-state index in [4.69, 9.17) is 14.2 Å². The van der Waals surface area contributed by atoms with Crippen LogP contribution in [0.4, 0.5) is 26.3 Å². The van der Waals surface area contributed by atoms with E-state index in [0.29, 0.717) is 0 Å². The number of allylic oxidation sites excluding steroid dienone is 1. The Morgan fingerprint density at radius 3 is 1.76 bits per heavy atom. The summed E-state index contributed by atoms with van der Waals surface area (Å²) < 4.78 is 105. The quantitative estimate of drug-likeness (QED) is 0.215. The second-order valence-electron chi connectivity index (χ2n) is 8.74. The van der Waals surface area contributed by atoms with E-state index in [1.165, 1.54) is 6.07 Å². The molecule has 3 nitrogen and oxygen atoms in total. The molecule has 38 heavy (non-hydrogen) atoms. The van der Waals surface area contributed by atoms with Crippen molar-refractivity contribution in [1.29, 1.82) is 0 Å². The highest BCUT2D eigenvalue weighted by Crippen LogP contribution is 2.37. The Balaban J connectivity index is 1.61. The summed E-state index contributed by atoms with van der Waals surface area (Å²) >= 11 is 0. The van der Waals surface area contributed by atoms with E-state index in [-0.39, 0.29) is 31.1 Å². The van der Waals surface area contributed by atoms with E-state index >= 15 is 13.2 Å². The Morgan fingerprint density at radius 2 is 1.21 bits per heavy atom. The first-order chi connectivity index (χ1) is 18.3. The predicted octanol–water partition coefficient (Wildman–Crippen LogP) is 8.07. The monoisotopic (exact) mass is 536 g/mol. The summed E-state index contributed by atoms with van der Waals surface area (Å²) in [4.78, 5) is 0. The molecule has 0 bridgehead atoms. The van der Waals surface area contributed by atoms with Crippen LogP contribution in [0.3, 0.4) is 0 Å². The maximum atomic E-state index is 15.1. The van der Waals surface area contributed by atoms with Gasteiger partial charge in [-0.25, -0.2) is 22.0 Å². The number of rotatable bonds is 8. The van der Waals surface area contributed by atoms with Crippen molar-refractivity contribution < 1.29 is 40.6 Å². The lowest BCUT2D eigenvalue weighted by Gasteiger charge is -2.28. The summed E-state index contributed by atoms with van der Waals surface area (Å²) in [5.41, 5.74) is -2.24. The highest BCUT2D eigenvalue weighted by Gasteiger charge is 2.28. The van der Waals surface area contributed by atoms with Crippen molar-refractivity contribution in [3.63, 3.8) is 0 Å². The number of ether oxygens (including phenoxy) is 3. The molecule has 0 spiro atoms. The zero-order chi connectivity index (χ0) is 27.4. The van der Waals surface area contributed by atoms with Gasteiger partial charge in [0.15, 0.2) is 41.1 Å². The molecular formula is C29H26F6O3. The summed E-state index contributed by atoms with van der Waals surface area (Å²) in [7, 11) is 0. The summed E-state index contributed by atoms with van der Waals surface area (Å²) in [6.45, 7) is 3.84. The van der Waals surface area contributed by atoms with E-state index < -0.39 is 69.4 Å². The first-order valence-electron chi connectivity index (χ1n) is 12.3. The van der Waals surface area contributed by atoms with Crippen molar-refractivity contribution in [1.82, 2.24) is 0 Å². The lowest BCUT2D eigenvalue weighted by atomic mass is 9.94. The smallest absolute Gasteiger partial charge is 0.201 e. The van der Waals surface area contributed by atoms with Gasteiger partial charge >= 0.3 is 0 Å². The lowest BCUT2D eigenvalue weighted by molar-refractivity contribution is -0.159. The molecule has 0 unspecified atom stereocenters. The zero-order valence-corrected chi connectivity index (χ0v) is 20.8. The highest BCUT2D eigenvalue weighted by molar-refractivity contribution is 5.73. The fourth-order valence-electron chi connectivity index (χ4n) is 4.24. The molecular weight excluding hydrogens is 510 g/mol. The van der Waals surface area contributed by atoms with Gasteiger partial charge in [0.05, 0.1) is 19.8 Å². The molecule has 0 aromatic heterocycles. The van der Waals surface area contributed by atoms with Gasteiger partial charge in [0.1, 0.15) is 0 Å². The Morgan fingerprint density at radius 1 is 0.711 bits per heavy atom. The van der Waals surface area contributed by atoms with Crippen LogP contribution < -0.4 is 4.74 Å². The lowest BCUT2D eigenvalue weighted by Crippen LogP contribution is -2.30. The van der Waals surface area contributed by atoms with Crippen molar-refractivity contribution in [2.45, 2.75) is 38.9 Å². The Bertz CT molecular complexity index is 1330. The van der Waals surface area contributed by atoms with Crippen molar-refractivity contribution in [3.8, 4) is 28.0 Å². The number of halogens is 6. The molecule has 202 valence electrons. The third-order valence-corrected chi connectivity index (χ3v) is 6.23. The van der Waals surface area contributed by atoms with Crippen LogP contribution >= 0.6 is 0 Å². The Kier molecular flexibility index (Phi) is 8.79. The molecule has 3 aromatic rings. The van der Waals surface area contributed by atoms with E-state index in [1.807, 2.05) is 13.0 Å². The summed E-state index contributed by atoms with van der Waals surface area (Å²) in [6.07, 6.45) is 4.92. The maximum Gasteiger partial charge on any atom is 0.201 e. The molecule has 0 saturated carbocycles. The SMILES string of the molecule is CCCC=CC1OCC(c2ccc(-c3ccc(-c4ccc(OCC)c(F)c4F)c(F)c3F)c(F)c2F)CO1. The molecule has 1 aliphatic rings. The molecule has 1 saturated heterocycles. The standard InChI is InChI=1S/C29H26F6O3/c1-3-5-6-7-23-37-14-16(15-38-23)17-8-9-18(25(31)24(17)30)19-10-11-20(27(33)26(19)32)21-12-13-22(36-4-2)29(35)28(21)34/h6-13,16,23H,3-5,14-15H2,1-2H3. The largest absolute Gasteiger partial charge is 0.491 e. The molecule has 0 radical (unpaired) electrons. The van der Waals surface area contributed by atoms with Crippen molar-refractivity contribution in [2.75, 3.05) is 19.8 Å². The molecule has 1 fully saturated rings. The highest BCUT2D eigenvalue weighted by atomic mass is 19.2. The Hall–Kier alpha value is -3.30. The molecule has 1 aliphatic heterocycles. The molecule has 0 amide bonds. The van der Waals surface area contributed by atoms with Crippen molar-refractivity contribution >= 4 is 0 Å². The van der Waals surface area contributed by atoms with Crippen LogP contribution in [0, 0.1) is 34.9 Å². The number of benzene rings is 3. The molecule has 9 heteroatoms. The van der Waals surface area contributed by atoms with Crippen LogP contribution in [0.15, 0.2) is 48.6 Å². The maximum absolute atomic E-state index is 15.1. The predicted molar refractivity (Wildman–Crippen MR) is 131 cm³/mol. The third kappa shape index (κ3) is 5.44. The third-order valence-electron chi connectivity index (χ3n) is 6.23. The van der Waals surface area contributed by atoms with E-state index in [9.17, 15) is 13.2 Å². The fourth-order valence-corrected chi connectivity index (χ4v) is 4.24. The average Bonchev–Trinajstić information content (AvgIpc) is 2.91. The summed E-state index contributed by atoms with van der Waals surface area (Å²) in [5, 5.41) is 0. The van der Waals surface area contributed by atoms with Gasteiger partial charge in [-0.1, -0.05) is 43.7 Å². The van der Waals surface area contributed by atoms with Gasteiger partial charge < -0.3 is 14.2 Å². The minimum absolute atomic E-state index is 0.0216. The van der Waals surface area contributed by atoms with E-state index in [1.54, 1.807) is 13.0 Å². The van der Waals surface area contributed by atoms with Crippen LogP contribution in [-0.4, -0.2) is 26.1 Å². The molecule has 0 N–H and O–H groups in total. The Labute approximate surface area is 216 Å². The van der Waals surface area contributed by atoms with Crippen LogP contribution in [-0.2, 0) is 9.47 Å². The van der Waals surface area contributed by atoms with Crippen LogP contribution in [0.25, 0.3) is 22.3 Å². The van der Waals surface area contributed by atoms with Crippen LogP contribution in [0.1, 0.15) is 38.2 Å². The van der Waals surface area contributed by atoms with Gasteiger partial charge in [0.25, 0.3) is 0 Å². The number of hydrogen-bond donors (Lipinski definition) is 0. The minimum atomic E-state index is -1.54. The summed E-state index contributed by atoms with van der Waals surface area (Å²) in [5.74, 6) is -9.44. The number of unbranched alkanes of at least 4 members (excludes halogenated alkanes) is 1. The van der Waals surface area contributed by atoms with E-state index in [0.717, 1.165) is 43.2 Å². The normalized spacial score (nSPS) is 17.8.